The summed E-state index contributed by atoms with van der Waals surface area (Å²) in [4.78, 5) is 12.4. The van der Waals surface area contributed by atoms with E-state index in [0.29, 0.717) is 25.7 Å². The number of ether oxygens (including phenoxy) is 1. The molecule has 0 saturated carbocycles. The van der Waals surface area contributed by atoms with Gasteiger partial charge in [0.25, 0.3) is 0 Å². The molecule has 0 aliphatic carbocycles. The number of carboxylic acid groups (broad SMARTS) is 1. The Morgan fingerprint density at radius 2 is 2.43 bits per heavy atom. The van der Waals surface area contributed by atoms with Gasteiger partial charge in [0.1, 0.15) is 0 Å². The fourth-order valence-electron chi connectivity index (χ4n) is 1.55. The zero-order valence-corrected chi connectivity index (χ0v) is 8.35. The molecule has 1 aliphatic rings. The second kappa shape index (κ2) is 5.29. The third kappa shape index (κ3) is 3.61. The van der Waals surface area contributed by atoms with E-state index in [2.05, 4.69) is 0 Å². The van der Waals surface area contributed by atoms with Gasteiger partial charge in [-0.05, 0) is 5.92 Å². The molecule has 1 heterocycles. The van der Waals surface area contributed by atoms with Crippen LogP contribution in [-0.4, -0.2) is 60.0 Å². The molecule has 2 atom stereocenters. The van der Waals surface area contributed by atoms with Crippen molar-refractivity contribution < 1.29 is 19.7 Å². The van der Waals surface area contributed by atoms with Crippen molar-refractivity contribution in [1.29, 1.82) is 0 Å². The molecule has 1 fully saturated rings. The predicted molar refractivity (Wildman–Crippen MR) is 50.1 cm³/mol. The first-order valence-electron chi connectivity index (χ1n) is 4.80. The predicted octanol–water partition coefficient (Wildman–Crippen LogP) is -0.600. The average Bonchev–Trinajstić information content (AvgIpc) is 2.29. The molecule has 14 heavy (non-hydrogen) atoms. The first-order chi connectivity index (χ1) is 6.59. The maximum Gasteiger partial charge on any atom is 0.333 e. The van der Waals surface area contributed by atoms with Crippen LogP contribution in [0.5, 0.6) is 0 Å². The number of β-amino-alcohol motifs (C(OH)–C–C–N with tert-alkyl or cyclic N) is 1. The van der Waals surface area contributed by atoms with Crippen molar-refractivity contribution >= 4 is 5.97 Å². The second-order valence-corrected chi connectivity index (χ2v) is 3.79. The summed E-state index contributed by atoms with van der Waals surface area (Å²) < 4.78 is 5.31. The van der Waals surface area contributed by atoms with E-state index >= 15 is 0 Å². The summed E-state index contributed by atoms with van der Waals surface area (Å²) in [6, 6.07) is 0. The minimum atomic E-state index is -1.29. The third-order valence-corrected chi connectivity index (χ3v) is 2.24. The Balaban J connectivity index is 2.38. The lowest BCUT2D eigenvalue weighted by Gasteiger charge is -2.22. The van der Waals surface area contributed by atoms with Crippen molar-refractivity contribution in [3.05, 3.63) is 0 Å². The number of rotatable bonds is 3. The standard InChI is InChI=1S/C9H17NO4/c1-7-4-10(2-3-14-6-7)5-8(11)9(12)13/h7-8,11H,2-6H2,1H3,(H,12,13). The summed E-state index contributed by atoms with van der Waals surface area (Å²) in [6.45, 7) is 5.02. The molecule has 0 spiro atoms. The van der Waals surface area contributed by atoms with Crippen LogP contribution in [0.2, 0.25) is 0 Å². The minimum Gasteiger partial charge on any atom is -0.479 e. The van der Waals surface area contributed by atoms with Gasteiger partial charge in [-0.2, -0.15) is 0 Å². The molecule has 0 aromatic heterocycles. The van der Waals surface area contributed by atoms with Crippen LogP contribution in [-0.2, 0) is 9.53 Å². The van der Waals surface area contributed by atoms with Gasteiger partial charge >= 0.3 is 5.97 Å². The number of carboxylic acids is 1. The van der Waals surface area contributed by atoms with Crippen LogP contribution in [0.4, 0.5) is 0 Å². The molecule has 0 aromatic carbocycles. The highest BCUT2D eigenvalue weighted by molar-refractivity contribution is 5.72. The van der Waals surface area contributed by atoms with E-state index < -0.39 is 12.1 Å². The van der Waals surface area contributed by atoms with Gasteiger partial charge < -0.3 is 14.9 Å². The van der Waals surface area contributed by atoms with Gasteiger partial charge in [-0.15, -0.1) is 0 Å². The van der Waals surface area contributed by atoms with Crippen molar-refractivity contribution in [2.45, 2.75) is 13.0 Å². The van der Waals surface area contributed by atoms with Crippen molar-refractivity contribution in [3.8, 4) is 0 Å². The van der Waals surface area contributed by atoms with Gasteiger partial charge in [0.2, 0.25) is 0 Å². The zero-order valence-electron chi connectivity index (χ0n) is 8.35. The van der Waals surface area contributed by atoms with Gasteiger partial charge in [-0.1, -0.05) is 6.92 Å². The molecule has 2 unspecified atom stereocenters. The molecule has 0 radical (unpaired) electrons. The Morgan fingerprint density at radius 1 is 1.71 bits per heavy atom. The Kier molecular flexibility index (Phi) is 4.31. The lowest BCUT2D eigenvalue weighted by molar-refractivity contribution is -0.147. The summed E-state index contributed by atoms with van der Waals surface area (Å²) in [6.07, 6.45) is -1.29. The molecule has 1 aliphatic heterocycles. The highest BCUT2D eigenvalue weighted by atomic mass is 16.5. The SMILES string of the molecule is CC1COCCN(CC(O)C(=O)O)C1. The summed E-state index contributed by atoms with van der Waals surface area (Å²) >= 11 is 0. The third-order valence-electron chi connectivity index (χ3n) is 2.24. The molecule has 2 N–H and O–H groups in total. The van der Waals surface area contributed by atoms with Crippen molar-refractivity contribution in [1.82, 2.24) is 4.90 Å². The first kappa shape index (κ1) is 11.4. The lowest BCUT2D eigenvalue weighted by atomic mass is 10.2. The van der Waals surface area contributed by atoms with E-state index in [1.807, 2.05) is 11.8 Å². The molecule has 0 aromatic rings. The van der Waals surface area contributed by atoms with Crippen LogP contribution in [0.1, 0.15) is 6.92 Å². The van der Waals surface area contributed by atoms with Crippen LogP contribution in [0.25, 0.3) is 0 Å². The van der Waals surface area contributed by atoms with Crippen LogP contribution in [0.3, 0.4) is 0 Å². The van der Waals surface area contributed by atoms with Gasteiger partial charge in [-0.3, -0.25) is 4.90 Å². The Bertz CT molecular complexity index is 197. The van der Waals surface area contributed by atoms with Crippen LogP contribution in [0, 0.1) is 5.92 Å². The minimum absolute atomic E-state index is 0.184. The zero-order chi connectivity index (χ0) is 10.6. The molecular formula is C9H17NO4. The van der Waals surface area contributed by atoms with E-state index in [9.17, 15) is 9.90 Å². The van der Waals surface area contributed by atoms with Gasteiger partial charge in [-0.25, -0.2) is 4.79 Å². The van der Waals surface area contributed by atoms with Gasteiger partial charge in [0.15, 0.2) is 6.10 Å². The quantitative estimate of drug-likeness (QED) is 0.641. The summed E-state index contributed by atoms with van der Waals surface area (Å²) in [7, 11) is 0. The topological polar surface area (TPSA) is 70.0 Å². The normalized spacial score (nSPS) is 26.9. The Morgan fingerprint density at radius 3 is 3.07 bits per heavy atom. The molecule has 5 nitrogen and oxygen atoms in total. The summed E-state index contributed by atoms with van der Waals surface area (Å²) in [5, 5.41) is 17.7. The van der Waals surface area contributed by atoms with Crippen molar-refractivity contribution in [2.75, 3.05) is 32.8 Å². The summed E-state index contributed by atoms with van der Waals surface area (Å²) in [5.74, 6) is -0.777. The van der Waals surface area contributed by atoms with E-state index in [-0.39, 0.29) is 6.54 Å². The number of hydrogen-bond donors (Lipinski definition) is 2. The van der Waals surface area contributed by atoms with Crippen molar-refractivity contribution in [3.63, 3.8) is 0 Å². The molecular weight excluding hydrogens is 186 g/mol. The second-order valence-electron chi connectivity index (χ2n) is 3.79. The number of aliphatic carboxylic acids is 1. The fraction of sp³-hybridized carbons (Fsp3) is 0.889. The molecule has 1 saturated heterocycles. The van der Waals surface area contributed by atoms with Crippen LogP contribution in [0.15, 0.2) is 0 Å². The Hall–Kier alpha value is -0.650. The maximum absolute atomic E-state index is 10.4. The van der Waals surface area contributed by atoms with Crippen LogP contribution < -0.4 is 0 Å². The molecule has 0 amide bonds. The van der Waals surface area contributed by atoms with Crippen molar-refractivity contribution in [2.24, 2.45) is 5.92 Å². The summed E-state index contributed by atoms with van der Waals surface area (Å²) in [5.41, 5.74) is 0. The number of aliphatic hydroxyl groups excluding tert-OH is 1. The van der Waals surface area contributed by atoms with E-state index in [4.69, 9.17) is 9.84 Å². The van der Waals surface area contributed by atoms with E-state index in [1.165, 1.54) is 0 Å². The van der Waals surface area contributed by atoms with E-state index in [1.54, 1.807) is 0 Å². The maximum atomic E-state index is 10.4. The molecule has 82 valence electrons. The smallest absolute Gasteiger partial charge is 0.333 e. The first-order valence-corrected chi connectivity index (χ1v) is 4.80. The van der Waals surface area contributed by atoms with Crippen LogP contribution >= 0.6 is 0 Å². The number of hydrogen-bond acceptors (Lipinski definition) is 4. The van der Waals surface area contributed by atoms with E-state index in [0.717, 1.165) is 6.54 Å². The largest absolute Gasteiger partial charge is 0.479 e. The fourth-order valence-corrected chi connectivity index (χ4v) is 1.55. The monoisotopic (exact) mass is 203 g/mol. The highest BCUT2D eigenvalue weighted by Crippen LogP contribution is 2.06. The number of aliphatic hydroxyl groups is 1. The Labute approximate surface area is 83.3 Å². The van der Waals surface area contributed by atoms with Gasteiger partial charge in [0, 0.05) is 19.6 Å². The molecule has 5 heteroatoms. The highest BCUT2D eigenvalue weighted by Gasteiger charge is 2.21. The molecule has 0 bridgehead atoms. The lowest BCUT2D eigenvalue weighted by Crippen LogP contribution is -2.39. The average molecular weight is 203 g/mol. The molecule has 1 rings (SSSR count). The number of carbonyl (C=O) groups is 1. The van der Waals surface area contributed by atoms with Gasteiger partial charge in [0.05, 0.1) is 13.2 Å². The number of nitrogens with zero attached hydrogens (tertiary/aromatic N) is 1.